The first kappa shape index (κ1) is 16.3. The highest BCUT2D eigenvalue weighted by molar-refractivity contribution is 5.76. The largest absolute Gasteiger partial charge is 0.433 e. The van der Waals surface area contributed by atoms with Gasteiger partial charge in [0.1, 0.15) is 12.2 Å². The summed E-state index contributed by atoms with van der Waals surface area (Å²) in [6.45, 7) is 1.09. The lowest BCUT2D eigenvalue weighted by Crippen LogP contribution is -2.49. The number of aromatic nitrogens is 2. The Labute approximate surface area is 132 Å². The van der Waals surface area contributed by atoms with Gasteiger partial charge in [0.15, 0.2) is 0 Å². The molecule has 8 heteroatoms. The Hall–Kier alpha value is -1.57. The topological polar surface area (TPSA) is 50.2 Å². The quantitative estimate of drug-likeness (QED) is 0.922. The Bertz CT molecular complexity index is 584. The molecule has 1 aromatic rings. The zero-order valence-electron chi connectivity index (χ0n) is 13.2. The molecule has 2 bridgehead atoms. The second kappa shape index (κ2) is 5.81. The van der Waals surface area contributed by atoms with Crippen molar-refractivity contribution in [3.05, 3.63) is 17.5 Å². The number of rotatable bonds is 3. The van der Waals surface area contributed by atoms with E-state index >= 15 is 0 Å². The molecular formula is C15H21F3N4O. The Morgan fingerprint density at radius 1 is 1.35 bits per heavy atom. The van der Waals surface area contributed by atoms with Crippen LogP contribution in [0.15, 0.2) is 6.07 Å². The van der Waals surface area contributed by atoms with Crippen molar-refractivity contribution in [2.24, 2.45) is 0 Å². The average molecular weight is 330 g/mol. The molecule has 2 fully saturated rings. The van der Waals surface area contributed by atoms with Gasteiger partial charge in [-0.25, -0.2) is 0 Å². The van der Waals surface area contributed by atoms with Gasteiger partial charge in [0.05, 0.1) is 5.69 Å². The van der Waals surface area contributed by atoms with Crippen LogP contribution in [-0.4, -0.2) is 45.8 Å². The maximum atomic E-state index is 12.9. The fourth-order valence-corrected chi connectivity index (χ4v) is 3.83. The van der Waals surface area contributed by atoms with Crippen molar-refractivity contribution in [1.29, 1.82) is 0 Å². The number of nitrogens with one attached hydrogen (secondary N) is 1. The molecular weight excluding hydrogens is 309 g/mol. The van der Waals surface area contributed by atoms with Crippen LogP contribution in [0.25, 0.3) is 0 Å². The second-order valence-electron chi connectivity index (χ2n) is 6.61. The van der Waals surface area contributed by atoms with Crippen LogP contribution in [0.5, 0.6) is 0 Å². The highest BCUT2D eigenvalue weighted by Crippen LogP contribution is 2.34. The van der Waals surface area contributed by atoms with Crippen LogP contribution in [0.1, 0.15) is 37.1 Å². The van der Waals surface area contributed by atoms with Crippen molar-refractivity contribution in [3.63, 3.8) is 0 Å². The van der Waals surface area contributed by atoms with Gasteiger partial charge in [-0.1, -0.05) is 0 Å². The minimum absolute atomic E-state index is 0.0437. The number of halogens is 3. The summed E-state index contributed by atoms with van der Waals surface area (Å²) in [5, 5.41) is 6.67. The molecule has 2 aliphatic heterocycles. The number of hydrogen-bond donors (Lipinski definition) is 1. The fourth-order valence-electron chi connectivity index (χ4n) is 3.83. The third kappa shape index (κ3) is 3.36. The maximum absolute atomic E-state index is 12.9. The van der Waals surface area contributed by atoms with Crippen LogP contribution >= 0.6 is 0 Å². The Morgan fingerprint density at radius 2 is 1.96 bits per heavy atom. The molecule has 0 aromatic carbocycles. The lowest BCUT2D eigenvalue weighted by atomic mass is 9.98. The molecule has 2 aliphatic rings. The standard InChI is InChI=1S/C15H21F3N4O/c1-9-5-13(15(16,17)18)22(20-9)8-14(23)19-10-6-11-3-4-12(7-10)21(11)2/h5,10-12H,3-4,6-8H2,1-2H3,(H,19,23). The number of fused-ring (bicyclic) bond motifs is 2. The number of amides is 1. The van der Waals surface area contributed by atoms with Crippen molar-refractivity contribution >= 4 is 5.91 Å². The van der Waals surface area contributed by atoms with Crippen LogP contribution in [0.3, 0.4) is 0 Å². The smallest absolute Gasteiger partial charge is 0.352 e. The molecule has 1 N–H and O–H groups in total. The highest BCUT2D eigenvalue weighted by Gasteiger charge is 2.39. The van der Waals surface area contributed by atoms with Crippen molar-refractivity contribution in [1.82, 2.24) is 20.0 Å². The van der Waals surface area contributed by atoms with Gasteiger partial charge in [0, 0.05) is 18.1 Å². The summed E-state index contributed by atoms with van der Waals surface area (Å²) in [5.74, 6) is -0.410. The minimum Gasteiger partial charge on any atom is -0.352 e. The second-order valence-corrected chi connectivity index (χ2v) is 6.61. The van der Waals surface area contributed by atoms with Crippen LogP contribution in [0, 0.1) is 6.92 Å². The van der Waals surface area contributed by atoms with E-state index in [0.29, 0.717) is 12.1 Å². The van der Waals surface area contributed by atoms with Crippen molar-refractivity contribution in [3.8, 4) is 0 Å². The van der Waals surface area contributed by atoms with Crippen LogP contribution in [-0.2, 0) is 17.5 Å². The first-order valence-corrected chi connectivity index (χ1v) is 7.87. The maximum Gasteiger partial charge on any atom is 0.433 e. The van der Waals surface area contributed by atoms with E-state index in [9.17, 15) is 18.0 Å². The number of piperidine rings is 1. The SMILES string of the molecule is Cc1cc(C(F)(F)F)n(CC(=O)NC2CC3CCC(C2)N3C)n1. The van der Waals surface area contributed by atoms with Crippen LogP contribution in [0.2, 0.25) is 0 Å². The summed E-state index contributed by atoms with van der Waals surface area (Å²) in [4.78, 5) is 14.5. The van der Waals surface area contributed by atoms with Gasteiger partial charge in [-0.3, -0.25) is 9.48 Å². The molecule has 2 saturated heterocycles. The average Bonchev–Trinajstić information content (AvgIpc) is 2.87. The number of aryl methyl sites for hydroxylation is 1. The predicted octanol–water partition coefficient (Wildman–Crippen LogP) is 1.95. The summed E-state index contributed by atoms with van der Waals surface area (Å²) in [5.41, 5.74) is -0.629. The molecule has 0 spiro atoms. The van der Waals surface area contributed by atoms with Crippen LogP contribution < -0.4 is 5.32 Å². The molecule has 0 radical (unpaired) electrons. The van der Waals surface area contributed by atoms with Crippen molar-refractivity contribution < 1.29 is 18.0 Å². The lowest BCUT2D eigenvalue weighted by molar-refractivity contribution is -0.144. The first-order valence-electron chi connectivity index (χ1n) is 7.87. The van der Waals surface area contributed by atoms with Crippen molar-refractivity contribution in [2.75, 3.05) is 7.05 Å². The minimum atomic E-state index is -4.51. The molecule has 3 rings (SSSR count). The number of carbonyl (C=O) groups is 1. The molecule has 2 unspecified atom stereocenters. The van der Waals surface area contributed by atoms with Crippen molar-refractivity contribution in [2.45, 2.75) is 63.5 Å². The normalized spacial score (nSPS) is 28.1. The molecule has 1 aromatic heterocycles. The van der Waals surface area contributed by atoms with Crippen LogP contribution in [0.4, 0.5) is 13.2 Å². The molecule has 23 heavy (non-hydrogen) atoms. The fraction of sp³-hybridized carbons (Fsp3) is 0.733. The van der Waals surface area contributed by atoms with Gasteiger partial charge < -0.3 is 10.2 Å². The van der Waals surface area contributed by atoms with Gasteiger partial charge in [0.25, 0.3) is 0 Å². The van der Waals surface area contributed by atoms with E-state index in [-0.39, 0.29) is 11.7 Å². The zero-order valence-corrected chi connectivity index (χ0v) is 13.2. The highest BCUT2D eigenvalue weighted by atomic mass is 19.4. The van der Waals surface area contributed by atoms with Gasteiger partial charge in [-0.15, -0.1) is 0 Å². The zero-order chi connectivity index (χ0) is 16.8. The van der Waals surface area contributed by atoms with E-state index in [1.54, 1.807) is 0 Å². The molecule has 1 amide bonds. The lowest BCUT2D eigenvalue weighted by Gasteiger charge is -2.36. The molecule has 5 nitrogen and oxygen atoms in total. The molecule has 3 heterocycles. The van der Waals surface area contributed by atoms with Gasteiger partial charge in [-0.2, -0.15) is 18.3 Å². The van der Waals surface area contributed by atoms with Gasteiger partial charge in [-0.05, 0) is 45.7 Å². The Kier molecular flexibility index (Phi) is 4.12. The van der Waals surface area contributed by atoms with E-state index < -0.39 is 24.3 Å². The summed E-state index contributed by atoms with van der Waals surface area (Å²) < 4.78 is 39.5. The van der Waals surface area contributed by atoms with E-state index in [2.05, 4.69) is 22.4 Å². The van der Waals surface area contributed by atoms with E-state index in [4.69, 9.17) is 0 Å². The van der Waals surface area contributed by atoms with E-state index in [0.717, 1.165) is 36.4 Å². The Morgan fingerprint density at radius 3 is 2.52 bits per heavy atom. The number of alkyl halides is 3. The predicted molar refractivity (Wildman–Crippen MR) is 77.7 cm³/mol. The first-order chi connectivity index (χ1) is 10.7. The summed E-state index contributed by atoms with van der Waals surface area (Å²) in [6.07, 6.45) is -0.519. The van der Waals surface area contributed by atoms with Gasteiger partial charge >= 0.3 is 6.18 Å². The Balaban J connectivity index is 1.62. The number of hydrogen-bond acceptors (Lipinski definition) is 3. The molecule has 0 saturated carbocycles. The monoisotopic (exact) mass is 330 g/mol. The number of carbonyl (C=O) groups excluding carboxylic acids is 1. The number of nitrogens with zero attached hydrogens (tertiary/aromatic N) is 3. The molecule has 2 atom stereocenters. The summed E-state index contributed by atoms with van der Waals surface area (Å²) >= 11 is 0. The van der Waals surface area contributed by atoms with E-state index in [1.807, 2.05) is 0 Å². The molecule has 128 valence electrons. The third-order valence-electron chi connectivity index (χ3n) is 4.95. The third-order valence-corrected chi connectivity index (χ3v) is 4.95. The van der Waals surface area contributed by atoms with Gasteiger partial charge in [0.2, 0.25) is 5.91 Å². The molecule has 0 aliphatic carbocycles. The summed E-state index contributed by atoms with van der Waals surface area (Å²) in [7, 11) is 2.10. The van der Waals surface area contributed by atoms with E-state index in [1.165, 1.54) is 6.92 Å². The summed E-state index contributed by atoms with van der Waals surface area (Å²) in [6, 6.07) is 1.94.